The van der Waals surface area contributed by atoms with E-state index in [1.807, 2.05) is 0 Å². The topological polar surface area (TPSA) is 108 Å². The van der Waals surface area contributed by atoms with Gasteiger partial charge in [0, 0.05) is 29.0 Å². The number of nitrogens with zero attached hydrogens (tertiary/aromatic N) is 2. The predicted octanol–water partition coefficient (Wildman–Crippen LogP) is 4.67. The molecular weight excluding hydrogens is 379 g/mol. The molecule has 0 aliphatic carbocycles. The summed E-state index contributed by atoms with van der Waals surface area (Å²) >= 11 is 12.0. The highest BCUT2D eigenvalue weighted by atomic mass is 35.5. The molecule has 2 aromatic rings. The lowest BCUT2D eigenvalue weighted by Crippen LogP contribution is -2.15. The molecule has 2 aromatic carbocycles. The van der Waals surface area contributed by atoms with Crippen molar-refractivity contribution in [3.63, 3.8) is 0 Å². The lowest BCUT2D eigenvalue weighted by Gasteiger charge is -2.09. The fourth-order valence-electron chi connectivity index (χ4n) is 1.97. The van der Waals surface area contributed by atoms with Crippen LogP contribution >= 0.6 is 23.2 Å². The molecule has 0 aliphatic rings. The summed E-state index contributed by atoms with van der Waals surface area (Å²) in [7, 11) is 0. The smallest absolute Gasteiger partial charge is 0.271 e. The van der Waals surface area contributed by atoms with Gasteiger partial charge < -0.3 is 10.6 Å². The average Bonchev–Trinajstić information content (AvgIpc) is 2.60. The standard InChI is InChI=1S/C17H12Cl2N4O3/c1-10-13(18)3-2-4-15(10)22-17(24)11(8-20)9-21-16-7-12(23(25)26)5-6-14(16)19/h2-7,9,21H,1H3,(H,22,24)/b11-9-. The van der Waals surface area contributed by atoms with E-state index in [0.29, 0.717) is 16.3 Å². The summed E-state index contributed by atoms with van der Waals surface area (Å²) in [5.74, 6) is -0.660. The number of nitrogens with one attached hydrogen (secondary N) is 2. The fourth-order valence-corrected chi connectivity index (χ4v) is 2.32. The molecule has 1 amide bonds. The Morgan fingerprint density at radius 2 is 1.96 bits per heavy atom. The van der Waals surface area contributed by atoms with Gasteiger partial charge in [-0.1, -0.05) is 29.3 Å². The molecule has 2 rings (SSSR count). The lowest BCUT2D eigenvalue weighted by molar-refractivity contribution is -0.384. The van der Waals surface area contributed by atoms with E-state index in [1.54, 1.807) is 31.2 Å². The molecular formula is C17H12Cl2N4O3. The monoisotopic (exact) mass is 390 g/mol. The van der Waals surface area contributed by atoms with Gasteiger partial charge in [-0.2, -0.15) is 5.26 Å². The molecule has 7 nitrogen and oxygen atoms in total. The van der Waals surface area contributed by atoms with Crippen LogP contribution < -0.4 is 10.6 Å². The van der Waals surface area contributed by atoms with Crippen molar-refractivity contribution in [3.05, 3.63) is 73.9 Å². The maximum absolute atomic E-state index is 12.3. The number of rotatable bonds is 5. The maximum Gasteiger partial charge on any atom is 0.271 e. The van der Waals surface area contributed by atoms with E-state index >= 15 is 0 Å². The zero-order valence-corrected chi connectivity index (χ0v) is 14.9. The molecule has 0 saturated heterocycles. The first-order valence-corrected chi connectivity index (χ1v) is 7.96. The molecule has 26 heavy (non-hydrogen) atoms. The van der Waals surface area contributed by atoms with Crippen LogP contribution in [0.25, 0.3) is 0 Å². The van der Waals surface area contributed by atoms with Crippen LogP contribution in [0.4, 0.5) is 17.1 Å². The quantitative estimate of drug-likeness (QED) is 0.333. The normalized spacial score (nSPS) is 10.8. The molecule has 0 atom stereocenters. The number of hydrogen-bond acceptors (Lipinski definition) is 5. The summed E-state index contributed by atoms with van der Waals surface area (Å²) in [6, 6.07) is 10.6. The van der Waals surface area contributed by atoms with Crippen molar-refractivity contribution in [1.82, 2.24) is 0 Å². The Hall–Kier alpha value is -3.08. The Kier molecular flexibility index (Phi) is 6.17. The van der Waals surface area contributed by atoms with Gasteiger partial charge >= 0.3 is 0 Å². The van der Waals surface area contributed by atoms with Crippen LogP contribution in [0.15, 0.2) is 48.2 Å². The molecule has 0 aromatic heterocycles. The summed E-state index contributed by atoms with van der Waals surface area (Å²) in [5, 5.41) is 25.9. The van der Waals surface area contributed by atoms with E-state index in [2.05, 4.69) is 10.6 Å². The van der Waals surface area contributed by atoms with Gasteiger partial charge in [0.05, 0.1) is 15.6 Å². The second-order valence-electron chi connectivity index (χ2n) is 5.10. The number of nitro groups is 1. The van der Waals surface area contributed by atoms with Crippen molar-refractivity contribution in [2.24, 2.45) is 0 Å². The van der Waals surface area contributed by atoms with Crippen molar-refractivity contribution in [1.29, 1.82) is 5.26 Å². The van der Waals surface area contributed by atoms with Gasteiger partial charge in [-0.3, -0.25) is 14.9 Å². The molecule has 0 fully saturated rings. The minimum atomic E-state index is -0.660. The zero-order valence-electron chi connectivity index (χ0n) is 13.4. The molecule has 2 N–H and O–H groups in total. The Labute approximate surface area is 159 Å². The van der Waals surface area contributed by atoms with Crippen molar-refractivity contribution in [2.45, 2.75) is 6.92 Å². The third-order valence-electron chi connectivity index (χ3n) is 3.41. The van der Waals surface area contributed by atoms with Crippen molar-refractivity contribution < 1.29 is 9.72 Å². The average molecular weight is 391 g/mol. The van der Waals surface area contributed by atoms with Crippen LogP contribution in [0.5, 0.6) is 0 Å². The number of nitriles is 1. The number of carbonyl (C=O) groups excluding carboxylic acids is 1. The first kappa shape index (κ1) is 19.2. The van der Waals surface area contributed by atoms with E-state index in [9.17, 15) is 20.2 Å². The van der Waals surface area contributed by atoms with Gasteiger partial charge in [0.2, 0.25) is 0 Å². The molecule has 9 heteroatoms. The first-order valence-electron chi connectivity index (χ1n) is 7.20. The molecule has 0 unspecified atom stereocenters. The molecule has 0 spiro atoms. The summed E-state index contributed by atoms with van der Waals surface area (Å²) in [5.41, 5.74) is 0.904. The van der Waals surface area contributed by atoms with Crippen molar-refractivity contribution in [2.75, 3.05) is 10.6 Å². The summed E-state index contributed by atoms with van der Waals surface area (Å²) in [6.07, 6.45) is 1.13. The number of amides is 1. The maximum atomic E-state index is 12.3. The Balaban J connectivity index is 2.21. The van der Waals surface area contributed by atoms with Crippen LogP contribution in [0.1, 0.15) is 5.56 Å². The van der Waals surface area contributed by atoms with Gasteiger partial charge in [0.1, 0.15) is 11.6 Å². The van der Waals surface area contributed by atoms with Gasteiger partial charge in [-0.05, 0) is 30.7 Å². The highest BCUT2D eigenvalue weighted by Crippen LogP contribution is 2.27. The highest BCUT2D eigenvalue weighted by Gasteiger charge is 2.13. The van der Waals surface area contributed by atoms with Crippen LogP contribution in [0.2, 0.25) is 10.0 Å². The number of nitro benzene ring substituents is 1. The van der Waals surface area contributed by atoms with E-state index in [0.717, 1.165) is 6.20 Å². The second kappa shape index (κ2) is 8.34. The molecule has 0 radical (unpaired) electrons. The number of anilines is 2. The van der Waals surface area contributed by atoms with Crippen LogP contribution in [-0.2, 0) is 4.79 Å². The van der Waals surface area contributed by atoms with E-state index < -0.39 is 10.8 Å². The number of halogens is 2. The van der Waals surface area contributed by atoms with E-state index in [-0.39, 0.29) is 22.0 Å². The fraction of sp³-hybridized carbons (Fsp3) is 0.0588. The number of hydrogen-bond donors (Lipinski definition) is 2. The first-order chi connectivity index (χ1) is 12.3. The van der Waals surface area contributed by atoms with Gasteiger partial charge in [-0.25, -0.2) is 0 Å². The number of carbonyl (C=O) groups is 1. The van der Waals surface area contributed by atoms with E-state index in [1.165, 1.54) is 18.2 Å². The number of benzene rings is 2. The lowest BCUT2D eigenvalue weighted by atomic mass is 10.2. The molecule has 0 aliphatic heterocycles. The zero-order chi connectivity index (χ0) is 19.3. The summed E-state index contributed by atoms with van der Waals surface area (Å²) in [4.78, 5) is 22.5. The van der Waals surface area contributed by atoms with E-state index in [4.69, 9.17) is 23.2 Å². The van der Waals surface area contributed by atoms with Crippen LogP contribution in [0, 0.1) is 28.4 Å². The Bertz CT molecular complexity index is 952. The van der Waals surface area contributed by atoms with Gasteiger partial charge in [0.15, 0.2) is 0 Å². The largest absolute Gasteiger partial charge is 0.359 e. The third kappa shape index (κ3) is 4.51. The minimum absolute atomic E-state index is 0.178. The third-order valence-corrected chi connectivity index (χ3v) is 4.15. The highest BCUT2D eigenvalue weighted by molar-refractivity contribution is 6.33. The molecule has 132 valence electrons. The Morgan fingerprint density at radius 3 is 2.62 bits per heavy atom. The minimum Gasteiger partial charge on any atom is -0.359 e. The second-order valence-corrected chi connectivity index (χ2v) is 5.92. The molecule has 0 saturated carbocycles. The summed E-state index contributed by atoms with van der Waals surface area (Å²) < 4.78 is 0. The SMILES string of the molecule is Cc1c(Cl)cccc1NC(=O)/C(C#N)=C\Nc1cc([N+](=O)[O-])ccc1Cl. The van der Waals surface area contributed by atoms with Gasteiger partial charge in [-0.15, -0.1) is 0 Å². The summed E-state index contributed by atoms with van der Waals surface area (Å²) in [6.45, 7) is 1.73. The van der Waals surface area contributed by atoms with Crippen LogP contribution in [-0.4, -0.2) is 10.8 Å². The van der Waals surface area contributed by atoms with Crippen LogP contribution in [0.3, 0.4) is 0 Å². The Morgan fingerprint density at radius 1 is 1.23 bits per heavy atom. The molecule has 0 bridgehead atoms. The molecule has 0 heterocycles. The number of non-ortho nitro benzene ring substituents is 1. The predicted molar refractivity (Wildman–Crippen MR) is 100 cm³/mol. The van der Waals surface area contributed by atoms with Crippen molar-refractivity contribution in [3.8, 4) is 6.07 Å². The van der Waals surface area contributed by atoms with Gasteiger partial charge in [0.25, 0.3) is 11.6 Å². The van der Waals surface area contributed by atoms with Crippen molar-refractivity contribution >= 4 is 46.2 Å².